The van der Waals surface area contributed by atoms with Crippen molar-refractivity contribution in [1.29, 1.82) is 0 Å². The molecule has 88 valence electrons. The van der Waals surface area contributed by atoms with Crippen LogP contribution >= 0.6 is 0 Å². The number of carbonyl (C=O) groups excluding carboxylic acids is 1. The fraction of sp³-hybridized carbons (Fsp3) is 0.417. The lowest BCUT2D eigenvalue weighted by molar-refractivity contribution is 0.112. The highest BCUT2D eigenvalue weighted by Gasteiger charge is 2.19. The van der Waals surface area contributed by atoms with E-state index in [0.717, 1.165) is 37.3 Å². The van der Waals surface area contributed by atoms with E-state index < -0.39 is 0 Å². The van der Waals surface area contributed by atoms with Gasteiger partial charge in [0.05, 0.1) is 0 Å². The Kier molecular flexibility index (Phi) is 2.60. The number of hydrogen-bond donors (Lipinski definition) is 1. The van der Waals surface area contributed by atoms with Crippen LogP contribution in [0.4, 0.5) is 0 Å². The molecule has 1 fully saturated rings. The summed E-state index contributed by atoms with van der Waals surface area (Å²) in [5.41, 5.74) is 1.38. The fourth-order valence-electron chi connectivity index (χ4n) is 2.23. The zero-order chi connectivity index (χ0) is 11.7. The van der Waals surface area contributed by atoms with Crippen molar-refractivity contribution >= 4 is 11.9 Å². The number of fused-ring (bicyclic) bond motifs is 1. The molecule has 0 bridgehead atoms. The molecule has 17 heavy (non-hydrogen) atoms. The predicted octanol–water partition coefficient (Wildman–Crippen LogP) is 1.01. The third-order valence-electron chi connectivity index (χ3n) is 3.18. The Morgan fingerprint density at radius 2 is 2.47 bits per heavy atom. The van der Waals surface area contributed by atoms with E-state index in [-0.39, 0.29) is 0 Å². The molecule has 0 aliphatic carbocycles. The lowest BCUT2D eigenvalue weighted by atomic mass is 9.99. The Hall–Kier alpha value is -1.75. The molecule has 0 radical (unpaired) electrons. The van der Waals surface area contributed by atoms with E-state index in [1.165, 1.54) is 6.42 Å². The summed E-state index contributed by atoms with van der Waals surface area (Å²) in [5.74, 6) is 1.27. The van der Waals surface area contributed by atoms with Gasteiger partial charge in [-0.05, 0) is 31.5 Å². The lowest BCUT2D eigenvalue weighted by Crippen LogP contribution is -2.28. The van der Waals surface area contributed by atoms with Gasteiger partial charge in [-0.2, -0.15) is 5.10 Å². The van der Waals surface area contributed by atoms with Crippen LogP contribution in [-0.2, 0) is 0 Å². The average molecular weight is 230 g/mol. The van der Waals surface area contributed by atoms with E-state index in [4.69, 9.17) is 0 Å². The second kappa shape index (κ2) is 4.25. The molecule has 5 nitrogen and oxygen atoms in total. The molecule has 2 aromatic heterocycles. The van der Waals surface area contributed by atoms with E-state index >= 15 is 0 Å². The quantitative estimate of drug-likeness (QED) is 0.782. The Morgan fingerprint density at radius 1 is 1.53 bits per heavy atom. The minimum Gasteiger partial charge on any atom is -0.316 e. The topological polar surface area (TPSA) is 59.3 Å². The molecular weight excluding hydrogens is 216 g/mol. The van der Waals surface area contributed by atoms with Crippen LogP contribution in [0.2, 0.25) is 0 Å². The van der Waals surface area contributed by atoms with Crippen molar-refractivity contribution < 1.29 is 4.79 Å². The highest BCUT2D eigenvalue weighted by molar-refractivity contribution is 5.76. The Balaban J connectivity index is 1.97. The lowest BCUT2D eigenvalue weighted by Gasteiger charge is -2.19. The predicted molar refractivity (Wildman–Crippen MR) is 63.2 cm³/mol. The molecular formula is C12H14N4O. The summed E-state index contributed by atoms with van der Waals surface area (Å²) < 4.78 is 1.73. The summed E-state index contributed by atoms with van der Waals surface area (Å²) >= 11 is 0. The van der Waals surface area contributed by atoms with Gasteiger partial charge in [0.25, 0.3) is 0 Å². The minimum atomic E-state index is 0.392. The van der Waals surface area contributed by atoms with Gasteiger partial charge in [0.15, 0.2) is 11.5 Å². The van der Waals surface area contributed by atoms with Gasteiger partial charge in [-0.1, -0.05) is 0 Å². The van der Waals surface area contributed by atoms with E-state index in [2.05, 4.69) is 15.4 Å². The molecule has 0 aromatic carbocycles. The third-order valence-corrected chi connectivity index (χ3v) is 3.18. The molecule has 5 heteroatoms. The van der Waals surface area contributed by atoms with Crippen molar-refractivity contribution in [3.63, 3.8) is 0 Å². The maximum absolute atomic E-state index is 10.7. The molecule has 3 heterocycles. The standard InChI is InChI=1S/C12H14N4O/c17-8-9-3-5-16-11(6-9)14-12(15-16)10-2-1-4-13-7-10/h3,5-6,8,10,13H,1-2,4,7H2. The fourth-order valence-corrected chi connectivity index (χ4v) is 2.23. The molecule has 1 saturated heterocycles. The summed E-state index contributed by atoms with van der Waals surface area (Å²) in [6.45, 7) is 2.02. The molecule has 1 unspecified atom stereocenters. The minimum absolute atomic E-state index is 0.392. The van der Waals surface area contributed by atoms with Crippen LogP contribution < -0.4 is 5.32 Å². The Bertz CT molecular complexity index is 542. The van der Waals surface area contributed by atoms with Gasteiger partial charge < -0.3 is 5.32 Å². The molecule has 0 spiro atoms. The van der Waals surface area contributed by atoms with Crippen molar-refractivity contribution in [3.05, 3.63) is 29.7 Å². The van der Waals surface area contributed by atoms with Crippen molar-refractivity contribution in [1.82, 2.24) is 19.9 Å². The van der Waals surface area contributed by atoms with Crippen molar-refractivity contribution in [3.8, 4) is 0 Å². The van der Waals surface area contributed by atoms with E-state index in [1.807, 2.05) is 0 Å². The van der Waals surface area contributed by atoms with Crippen LogP contribution in [0, 0.1) is 0 Å². The van der Waals surface area contributed by atoms with Crippen LogP contribution in [0.15, 0.2) is 18.3 Å². The second-order valence-corrected chi connectivity index (χ2v) is 4.39. The number of carbonyl (C=O) groups is 1. The van der Waals surface area contributed by atoms with Gasteiger partial charge >= 0.3 is 0 Å². The van der Waals surface area contributed by atoms with Crippen LogP contribution in [0.25, 0.3) is 5.65 Å². The number of hydrogen-bond acceptors (Lipinski definition) is 4. The Morgan fingerprint density at radius 3 is 3.24 bits per heavy atom. The first kappa shape index (κ1) is 10.4. The van der Waals surface area contributed by atoms with Crippen LogP contribution in [0.3, 0.4) is 0 Å². The molecule has 0 amide bonds. The number of nitrogens with zero attached hydrogens (tertiary/aromatic N) is 3. The van der Waals surface area contributed by atoms with E-state index in [9.17, 15) is 4.79 Å². The summed E-state index contributed by atoms with van der Waals surface area (Å²) in [6, 6.07) is 3.51. The number of aldehydes is 1. The van der Waals surface area contributed by atoms with Gasteiger partial charge in [0, 0.05) is 24.2 Å². The SMILES string of the molecule is O=Cc1ccn2nc(C3CCCNC3)nc2c1. The number of nitrogens with one attached hydrogen (secondary N) is 1. The van der Waals surface area contributed by atoms with Crippen LogP contribution in [0.1, 0.15) is 34.9 Å². The summed E-state index contributed by atoms with van der Waals surface area (Å²) in [6.07, 6.45) is 4.91. The number of pyridine rings is 1. The van der Waals surface area contributed by atoms with E-state index in [0.29, 0.717) is 11.5 Å². The maximum atomic E-state index is 10.7. The monoisotopic (exact) mass is 230 g/mol. The van der Waals surface area contributed by atoms with Gasteiger partial charge in [-0.3, -0.25) is 4.79 Å². The first-order chi connectivity index (χ1) is 8.36. The van der Waals surface area contributed by atoms with E-state index in [1.54, 1.807) is 22.8 Å². The summed E-state index contributed by atoms with van der Waals surface area (Å²) in [4.78, 5) is 15.2. The molecule has 1 aliphatic rings. The van der Waals surface area contributed by atoms with Gasteiger partial charge in [0.1, 0.15) is 6.29 Å². The first-order valence-electron chi connectivity index (χ1n) is 5.89. The number of aromatic nitrogens is 3. The smallest absolute Gasteiger partial charge is 0.156 e. The summed E-state index contributed by atoms with van der Waals surface area (Å²) in [5, 5.41) is 7.82. The molecule has 1 atom stereocenters. The van der Waals surface area contributed by atoms with Crippen molar-refractivity contribution in [2.24, 2.45) is 0 Å². The Labute approximate surface area is 98.9 Å². The number of rotatable bonds is 2. The average Bonchev–Trinajstić information content (AvgIpc) is 2.82. The largest absolute Gasteiger partial charge is 0.316 e. The van der Waals surface area contributed by atoms with Crippen molar-refractivity contribution in [2.75, 3.05) is 13.1 Å². The molecule has 0 saturated carbocycles. The molecule has 1 aliphatic heterocycles. The van der Waals surface area contributed by atoms with Crippen molar-refractivity contribution in [2.45, 2.75) is 18.8 Å². The zero-order valence-electron chi connectivity index (χ0n) is 9.47. The second-order valence-electron chi connectivity index (χ2n) is 4.39. The highest BCUT2D eigenvalue weighted by atomic mass is 16.1. The van der Waals surface area contributed by atoms with Gasteiger partial charge in [-0.15, -0.1) is 0 Å². The van der Waals surface area contributed by atoms with Gasteiger partial charge in [0.2, 0.25) is 0 Å². The third kappa shape index (κ3) is 1.93. The molecule has 2 aromatic rings. The normalized spacial score (nSPS) is 20.6. The van der Waals surface area contributed by atoms with Crippen LogP contribution in [-0.4, -0.2) is 34.0 Å². The first-order valence-corrected chi connectivity index (χ1v) is 5.89. The zero-order valence-corrected chi connectivity index (χ0v) is 9.47. The van der Waals surface area contributed by atoms with Crippen LogP contribution in [0.5, 0.6) is 0 Å². The molecule has 1 N–H and O–H groups in total. The molecule has 3 rings (SSSR count). The van der Waals surface area contributed by atoms with Gasteiger partial charge in [-0.25, -0.2) is 9.50 Å². The summed E-state index contributed by atoms with van der Waals surface area (Å²) in [7, 11) is 0. The number of piperidine rings is 1. The maximum Gasteiger partial charge on any atom is 0.156 e. The highest BCUT2D eigenvalue weighted by Crippen LogP contribution is 2.20.